The van der Waals surface area contributed by atoms with E-state index in [9.17, 15) is 5.11 Å². The molecular formula is C11H17NO4. The van der Waals surface area contributed by atoms with Crippen LogP contribution in [0, 0.1) is 0 Å². The van der Waals surface area contributed by atoms with Crippen molar-refractivity contribution in [1.82, 2.24) is 0 Å². The smallest absolute Gasteiger partial charge is 0.200 e. The van der Waals surface area contributed by atoms with E-state index in [-0.39, 0.29) is 18.4 Å². The lowest BCUT2D eigenvalue weighted by atomic mass is 10.0. The van der Waals surface area contributed by atoms with Crippen LogP contribution in [0.2, 0.25) is 0 Å². The first-order valence-corrected chi connectivity index (χ1v) is 4.95. The summed E-state index contributed by atoms with van der Waals surface area (Å²) in [5.74, 6) is 0.565. The van der Waals surface area contributed by atoms with Crippen molar-refractivity contribution in [2.45, 2.75) is 12.5 Å². The molecule has 0 aliphatic heterocycles. The van der Waals surface area contributed by atoms with Crippen LogP contribution in [0.4, 0.5) is 0 Å². The van der Waals surface area contributed by atoms with Gasteiger partial charge in [-0.15, -0.1) is 0 Å². The molecule has 0 fully saturated rings. The normalized spacial score (nSPS) is 12.2. The zero-order valence-corrected chi connectivity index (χ0v) is 9.43. The van der Waals surface area contributed by atoms with Crippen LogP contribution in [0.1, 0.15) is 18.0 Å². The lowest BCUT2D eigenvalue weighted by Crippen LogP contribution is -2.12. The van der Waals surface area contributed by atoms with Gasteiger partial charge in [0, 0.05) is 12.6 Å². The van der Waals surface area contributed by atoms with Crippen LogP contribution in [0.3, 0.4) is 0 Å². The molecule has 1 aromatic rings. The molecule has 1 unspecified atom stereocenters. The molecule has 0 aliphatic carbocycles. The Morgan fingerprint density at radius 1 is 1.25 bits per heavy atom. The van der Waals surface area contributed by atoms with E-state index in [0.717, 1.165) is 5.56 Å². The van der Waals surface area contributed by atoms with E-state index >= 15 is 0 Å². The second-order valence-electron chi connectivity index (χ2n) is 3.39. The van der Waals surface area contributed by atoms with Crippen LogP contribution in [0.5, 0.6) is 17.2 Å². The van der Waals surface area contributed by atoms with Crippen LogP contribution in [0.15, 0.2) is 12.1 Å². The van der Waals surface area contributed by atoms with Gasteiger partial charge in [0.05, 0.1) is 14.2 Å². The number of aliphatic hydroxyl groups excluding tert-OH is 1. The molecule has 0 radical (unpaired) electrons. The van der Waals surface area contributed by atoms with E-state index in [0.29, 0.717) is 17.9 Å². The summed E-state index contributed by atoms with van der Waals surface area (Å²) in [7, 11) is 2.91. The SMILES string of the molecule is COc1cc(C(N)CCO)cc(OC)c1O. The lowest BCUT2D eigenvalue weighted by Gasteiger charge is -2.15. The van der Waals surface area contributed by atoms with Crippen LogP contribution >= 0.6 is 0 Å². The monoisotopic (exact) mass is 227 g/mol. The maximum absolute atomic E-state index is 9.68. The number of rotatable bonds is 5. The number of nitrogens with two attached hydrogens (primary N) is 1. The van der Waals surface area contributed by atoms with E-state index in [1.54, 1.807) is 12.1 Å². The Morgan fingerprint density at radius 2 is 1.75 bits per heavy atom. The van der Waals surface area contributed by atoms with Crippen molar-refractivity contribution in [1.29, 1.82) is 0 Å². The number of hydrogen-bond donors (Lipinski definition) is 3. The molecule has 16 heavy (non-hydrogen) atoms. The van der Waals surface area contributed by atoms with E-state index in [1.807, 2.05) is 0 Å². The number of phenolic OH excluding ortho intramolecular Hbond substituents is 1. The predicted octanol–water partition coefficient (Wildman–Crippen LogP) is 0.792. The molecule has 5 nitrogen and oxygen atoms in total. The fraction of sp³-hybridized carbons (Fsp3) is 0.455. The van der Waals surface area contributed by atoms with Gasteiger partial charge in [-0.1, -0.05) is 0 Å². The minimum absolute atomic E-state index is 0.00662. The minimum atomic E-state index is -0.312. The first-order chi connectivity index (χ1) is 7.63. The molecule has 0 saturated heterocycles. The molecule has 0 saturated carbocycles. The Kier molecular flexibility index (Phi) is 4.39. The Balaban J connectivity index is 3.11. The van der Waals surface area contributed by atoms with Gasteiger partial charge in [0.25, 0.3) is 0 Å². The molecule has 0 spiro atoms. The topological polar surface area (TPSA) is 84.9 Å². The Bertz CT molecular complexity index is 329. The standard InChI is InChI=1S/C11H17NO4/c1-15-9-5-7(8(12)3-4-13)6-10(16-2)11(9)14/h5-6,8,13-14H,3-4,12H2,1-2H3. The molecular weight excluding hydrogens is 210 g/mol. The molecule has 1 atom stereocenters. The van der Waals surface area contributed by atoms with Gasteiger partial charge in [0.2, 0.25) is 5.75 Å². The van der Waals surface area contributed by atoms with Gasteiger partial charge in [-0.3, -0.25) is 0 Å². The van der Waals surface area contributed by atoms with Crippen LogP contribution in [-0.2, 0) is 0 Å². The van der Waals surface area contributed by atoms with Crippen LogP contribution in [0.25, 0.3) is 0 Å². The third-order valence-corrected chi connectivity index (χ3v) is 2.37. The van der Waals surface area contributed by atoms with E-state index in [1.165, 1.54) is 14.2 Å². The van der Waals surface area contributed by atoms with Crippen LogP contribution in [-0.4, -0.2) is 31.0 Å². The minimum Gasteiger partial charge on any atom is -0.502 e. The third kappa shape index (κ3) is 2.56. The molecule has 0 bridgehead atoms. The van der Waals surface area contributed by atoms with E-state index in [2.05, 4.69) is 0 Å². The zero-order valence-electron chi connectivity index (χ0n) is 9.43. The highest BCUT2D eigenvalue weighted by molar-refractivity contribution is 5.53. The summed E-state index contributed by atoms with van der Waals surface area (Å²) in [6.07, 6.45) is 0.442. The summed E-state index contributed by atoms with van der Waals surface area (Å²) < 4.78 is 10.0. The second kappa shape index (κ2) is 5.58. The van der Waals surface area contributed by atoms with Gasteiger partial charge in [-0.25, -0.2) is 0 Å². The number of aromatic hydroxyl groups is 1. The maximum Gasteiger partial charge on any atom is 0.200 e. The Hall–Kier alpha value is -1.46. The van der Waals surface area contributed by atoms with Crippen molar-refractivity contribution < 1.29 is 19.7 Å². The summed E-state index contributed by atoms with van der Waals surface area (Å²) in [4.78, 5) is 0. The molecule has 90 valence electrons. The first-order valence-electron chi connectivity index (χ1n) is 4.95. The molecule has 0 heterocycles. The Labute approximate surface area is 94.4 Å². The van der Waals surface area contributed by atoms with Gasteiger partial charge in [-0.2, -0.15) is 0 Å². The molecule has 1 aromatic carbocycles. The second-order valence-corrected chi connectivity index (χ2v) is 3.39. The van der Waals surface area contributed by atoms with E-state index in [4.69, 9.17) is 20.3 Å². The number of methoxy groups -OCH3 is 2. The molecule has 4 N–H and O–H groups in total. The number of ether oxygens (including phenoxy) is 2. The van der Waals surface area contributed by atoms with Gasteiger partial charge in [0.15, 0.2) is 11.5 Å². The van der Waals surface area contributed by atoms with Gasteiger partial charge >= 0.3 is 0 Å². The first kappa shape index (κ1) is 12.6. The highest BCUT2D eigenvalue weighted by atomic mass is 16.5. The maximum atomic E-state index is 9.68. The number of hydrogen-bond acceptors (Lipinski definition) is 5. The highest BCUT2D eigenvalue weighted by Crippen LogP contribution is 2.38. The van der Waals surface area contributed by atoms with E-state index < -0.39 is 0 Å². The van der Waals surface area contributed by atoms with Gasteiger partial charge in [-0.05, 0) is 24.1 Å². The largest absolute Gasteiger partial charge is 0.502 e. The Morgan fingerprint density at radius 3 is 2.12 bits per heavy atom. The third-order valence-electron chi connectivity index (χ3n) is 2.37. The quantitative estimate of drug-likeness (QED) is 0.692. The average Bonchev–Trinajstić information content (AvgIpc) is 2.29. The van der Waals surface area contributed by atoms with Crippen molar-refractivity contribution in [3.63, 3.8) is 0 Å². The molecule has 5 heteroatoms. The number of benzene rings is 1. The summed E-state index contributed by atoms with van der Waals surface area (Å²) >= 11 is 0. The molecule has 0 aliphatic rings. The highest BCUT2D eigenvalue weighted by Gasteiger charge is 2.14. The van der Waals surface area contributed by atoms with Crippen molar-refractivity contribution in [3.8, 4) is 17.2 Å². The number of phenols is 1. The lowest BCUT2D eigenvalue weighted by molar-refractivity contribution is 0.276. The zero-order chi connectivity index (χ0) is 12.1. The van der Waals surface area contributed by atoms with Gasteiger partial charge < -0.3 is 25.4 Å². The van der Waals surface area contributed by atoms with Crippen LogP contribution < -0.4 is 15.2 Å². The summed E-state index contributed by atoms with van der Waals surface area (Å²) in [5.41, 5.74) is 6.60. The predicted molar refractivity (Wildman–Crippen MR) is 59.8 cm³/mol. The van der Waals surface area contributed by atoms with Crippen molar-refractivity contribution in [2.75, 3.05) is 20.8 Å². The summed E-state index contributed by atoms with van der Waals surface area (Å²) in [5, 5.41) is 18.5. The summed E-state index contributed by atoms with van der Waals surface area (Å²) in [6.45, 7) is 0.00662. The van der Waals surface area contributed by atoms with Gasteiger partial charge in [0.1, 0.15) is 0 Å². The molecule has 0 amide bonds. The summed E-state index contributed by atoms with van der Waals surface area (Å²) in [6, 6.07) is 2.96. The average molecular weight is 227 g/mol. The fourth-order valence-corrected chi connectivity index (χ4v) is 1.43. The number of aliphatic hydroxyl groups is 1. The van der Waals surface area contributed by atoms with Crippen molar-refractivity contribution in [3.05, 3.63) is 17.7 Å². The van der Waals surface area contributed by atoms with Crippen molar-refractivity contribution >= 4 is 0 Å². The fourth-order valence-electron chi connectivity index (χ4n) is 1.43. The molecule has 0 aromatic heterocycles. The van der Waals surface area contributed by atoms with Crippen molar-refractivity contribution in [2.24, 2.45) is 5.73 Å². The molecule has 1 rings (SSSR count).